The van der Waals surface area contributed by atoms with Gasteiger partial charge in [0.25, 0.3) is 0 Å². The highest BCUT2D eigenvalue weighted by Crippen LogP contribution is 2.36. The predicted molar refractivity (Wildman–Crippen MR) is 59.9 cm³/mol. The Balaban J connectivity index is 4.04. The van der Waals surface area contributed by atoms with Gasteiger partial charge in [-0.05, 0) is 18.1 Å². The van der Waals surface area contributed by atoms with Crippen LogP contribution in [-0.4, -0.2) is 32.0 Å². The monoisotopic (exact) mass is 224 g/mol. The van der Waals surface area contributed by atoms with E-state index >= 15 is 0 Å². The van der Waals surface area contributed by atoms with Crippen molar-refractivity contribution >= 4 is 19.9 Å². The molecule has 1 atom stereocenters. The summed E-state index contributed by atoms with van der Waals surface area (Å²) in [4.78, 5) is 0. The highest BCUT2D eigenvalue weighted by molar-refractivity contribution is 6.74. The first-order valence-electron chi connectivity index (χ1n) is 4.58. The molecule has 0 radical (unpaired) electrons. The first-order chi connectivity index (χ1) is 5.70. The maximum atomic E-state index is 9.25. The third kappa shape index (κ3) is 4.45. The van der Waals surface area contributed by atoms with E-state index in [1.54, 1.807) is 0 Å². The quantitative estimate of drug-likeness (QED) is 0.588. The Morgan fingerprint density at radius 2 is 1.85 bits per heavy atom. The highest BCUT2D eigenvalue weighted by atomic mass is 35.5. The summed E-state index contributed by atoms with van der Waals surface area (Å²) in [5, 5.41) is 9.45. The van der Waals surface area contributed by atoms with Gasteiger partial charge in [0, 0.05) is 0 Å². The van der Waals surface area contributed by atoms with Crippen LogP contribution >= 0.6 is 11.6 Å². The van der Waals surface area contributed by atoms with E-state index in [2.05, 4.69) is 33.9 Å². The summed E-state index contributed by atoms with van der Waals surface area (Å²) in [6.07, 6.45) is -0.532. The van der Waals surface area contributed by atoms with E-state index in [0.29, 0.717) is 6.61 Å². The molecule has 0 fully saturated rings. The van der Waals surface area contributed by atoms with Gasteiger partial charge in [0.05, 0.1) is 18.6 Å². The molecule has 4 heteroatoms. The maximum Gasteiger partial charge on any atom is 0.192 e. The molecule has 0 saturated carbocycles. The lowest BCUT2D eigenvalue weighted by Crippen LogP contribution is -2.42. The molecule has 0 aromatic carbocycles. The second-order valence-electron chi connectivity index (χ2n) is 4.88. The van der Waals surface area contributed by atoms with Crippen molar-refractivity contribution in [3.8, 4) is 0 Å². The molecule has 0 rings (SSSR count). The summed E-state index contributed by atoms with van der Waals surface area (Å²) in [7, 11) is -1.70. The highest BCUT2D eigenvalue weighted by Gasteiger charge is 2.37. The zero-order chi connectivity index (χ0) is 10.7. The Bertz CT molecular complexity index is 154. The lowest BCUT2D eigenvalue weighted by Gasteiger charge is -2.36. The van der Waals surface area contributed by atoms with Crippen molar-refractivity contribution in [3.05, 3.63) is 0 Å². The molecule has 2 nitrogen and oxygen atoms in total. The molecule has 0 spiro atoms. The molecule has 0 aromatic rings. The van der Waals surface area contributed by atoms with Gasteiger partial charge in [-0.2, -0.15) is 0 Å². The van der Waals surface area contributed by atoms with Crippen LogP contribution in [0.5, 0.6) is 0 Å². The van der Waals surface area contributed by atoms with E-state index < -0.39 is 14.4 Å². The van der Waals surface area contributed by atoms with Crippen molar-refractivity contribution in [1.29, 1.82) is 0 Å². The molecular formula is C9H21ClO2Si. The van der Waals surface area contributed by atoms with Gasteiger partial charge in [0.2, 0.25) is 0 Å². The van der Waals surface area contributed by atoms with Gasteiger partial charge in [0.15, 0.2) is 8.32 Å². The van der Waals surface area contributed by atoms with Crippen LogP contribution in [-0.2, 0) is 4.43 Å². The van der Waals surface area contributed by atoms with Crippen molar-refractivity contribution in [1.82, 2.24) is 0 Å². The summed E-state index contributed by atoms with van der Waals surface area (Å²) in [6, 6.07) is 0. The Morgan fingerprint density at radius 3 is 2.15 bits per heavy atom. The second-order valence-corrected chi connectivity index (χ2v) is 10.00. The van der Waals surface area contributed by atoms with Crippen LogP contribution in [0.3, 0.4) is 0 Å². The normalized spacial score (nSPS) is 15.9. The van der Waals surface area contributed by atoms with Gasteiger partial charge in [-0.3, -0.25) is 0 Å². The summed E-state index contributed by atoms with van der Waals surface area (Å²) in [6.45, 7) is 11.2. The average molecular weight is 225 g/mol. The van der Waals surface area contributed by atoms with E-state index in [0.717, 1.165) is 0 Å². The molecule has 1 N–H and O–H groups in total. The standard InChI is InChI=1S/C9H21ClO2Si/c1-9(2,3)13(4,5)12-7-8(11)6-10/h8,11H,6-7H2,1-5H3. The van der Waals surface area contributed by atoms with Gasteiger partial charge >= 0.3 is 0 Å². The number of aliphatic hydroxyl groups is 1. The van der Waals surface area contributed by atoms with Gasteiger partial charge < -0.3 is 9.53 Å². The minimum Gasteiger partial charge on any atom is -0.414 e. The zero-order valence-electron chi connectivity index (χ0n) is 9.22. The van der Waals surface area contributed by atoms with Crippen LogP contribution in [0, 0.1) is 0 Å². The van der Waals surface area contributed by atoms with Gasteiger partial charge in [-0.15, -0.1) is 11.6 Å². The number of rotatable bonds is 4. The molecule has 0 amide bonds. The van der Waals surface area contributed by atoms with E-state index in [-0.39, 0.29) is 10.9 Å². The SMILES string of the molecule is CC(C)(C)[Si](C)(C)OCC(O)CCl. The van der Waals surface area contributed by atoms with Crippen molar-refractivity contribution in [3.63, 3.8) is 0 Å². The van der Waals surface area contributed by atoms with Gasteiger partial charge in [0.1, 0.15) is 0 Å². The number of aliphatic hydroxyl groups excluding tert-OH is 1. The number of halogens is 1. The van der Waals surface area contributed by atoms with E-state index in [1.165, 1.54) is 0 Å². The summed E-state index contributed by atoms with van der Waals surface area (Å²) >= 11 is 5.48. The molecule has 0 aliphatic rings. The molecule has 0 aliphatic heterocycles. The smallest absolute Gasteiger partial charge is 0.192 e. The third-order valence-corrected chi connectivity index (χ3v) is 7.48. The molecule has 0 saturated heterocycles. The first kappa shape index (κ1) is 13.4. The van der Waals surface area contributed by atoms with Crippen molar-refractivity contribution < 1.29 is 9.53 Å². The van der Waals surface area contributed by atoms with Crippen molar-refractivity contribution in [2.24, 2.45) is 0 Å². The Kier molecular flexibility index (Phi) is 4.94. The summed E-state index contributed by atoms with van der Waals surface area (Å²) < 4.78 is 5.75. The topological polar surface area (TPSA) is 29.5 Å². The van der Waals surface area contributed by atoms with Gasteiger partial charge in [-0.1, -0.05) is 20.8 Å². The first-order valence-corrected chi connectivity index (χ1v) is 8.03. The second kappa shape index (κ2) is 4.78. The van der Waals surface area contributed by atoms with E-state index in [9.17, 15) is 5.11 Å². The molecule has 80 valence electrons. The lowest BCUT2D eigenvalue weighted by atomic mass is 10.2. The van der Waals surface area contributed by atoms with Crippen LogP contribution in [0.15, 0.2) is 0 Å². The molecule has 0 bridgehead atoms. The van der Waals surface area contributed by atoms with E-state index in [1.807, 2.05) is 0 Å². The van der Waals surface area contributed by atoms with Crippen LogP contribution in [0.25, 0.3) is 0 Å². The maximum absolute atomic E-state index is 9.25. The minimum absolute atomic E-state index is 0.193. The fourth-order valence-electron chi connectivity index (χ4n) is 0.566. The largest absolute Gasteiger partial charge is 0.414 e. The molecule has 13 heavy (non-hydrogen) atoms. The summed E-state index contributed by atoms with van der Waals surface area (Å²) in [5.41, 5.74) is 0. The Morgan fingerprint density at radius 1 is 1.38 bits per heavy atom. The summed E-state index contributed by atoms with van der Waals surface area (Å²) in [5.74, 6) is 0.245. The molecule has 0 aliphatic carbocycles. The van der Waals surface area contributed by atoms with Crippen molar-refractivity contribution in [2.45, 2.75) is 45.0 Å². The lowest BCUT2D eigenvalue weighted by molar-refractivity contribution is 0.117. The third-order valence-electron chi connectivity index (χ3n) is 2.62. The van der Waals surface area contributed by atoms with E-state index in [4.69, 9.17) is 16.0 Å². The molecular weight excluding hydrogens is 204 g/mol. The van der Waals surface area contributed by atoms with Crippen LogP contribution in [0.2, 0.25) is 18.1 Å². The molecule has 0 heterocycles. The average Bonchev–Trinajstić information content (AvgIpc) is 1.98. The molecule has 0 aromatic heterocycles. The van der Waals surface area contributed by atoms with Crippen LogP contribution in [0.4, 0.5) is 0 Å². The number of hydrogen-bond acceptors (Lipinski definition) is 2. The number of alkyl halides is 1. The predicted octanol–water partition coefficient (Wildman–Crippen LogP) is 2.61. The molecule has 1 unspecified atom stereocenters. The van der Waals surface area contributed by atoms with Crippen molar-refractivity contribution in [2.75, 3.05) is 12.5 Å². The Hall–Kier alpha value is 0.427. The van der Waals surface area contributed by atoms with Crippen LogP contribution < -0.4 is 0 Å². The minimum atomic E-state index is -1.70. The van der Waals surface area contributed by atoms with Crippen LogP contribution in [0.1, 0.15) is 20.8 Å². The Labute approximate surface area is 87.4 Å². The van der Waals surface area contributed by atoms with Gasteiger partial charge in [-0.25, -0.2) is 0 Å². The fourth-order valence-corrected chi connectivity index (χ4v) is 1.70. The fraction of sp³-hybridized carbons (Fsp3) is 1.00. The zero-order valence-corrected chi connectivity index (χ0v) is 11.0. The number of hydrogen-bond donors (Lipinski definition) is 1.